The molecule has 1 amide bonds. The Balaban J connectivity index is 2.01. The van der Waals surface area contributed by atoms with Crippen LogP contribution in [0.1, 0.15) is 104 Å². The van der Waals surface area contributed by atoms with E-state index >= 15 is 0 Å². The molecule has 4 heteroatoms. The van der Waals surface area contributed by atoms with Crippen LogP contribution in [-0.4, -0.2) is 17.5 Å². The van der Waals surface area contributed by atoms with Gasteiger partial charge in [-0.15, -0.1) is 0 Å². The molecule has 0 radical (unpaired) electrons. The molecule has 0 aromatic carbocycles. The van der Waals surface area contributed by atoms with Crippen LogP contribution in [0.25, 0.3) is 0 Å². The Labute approximate surface area is 153 Å². The SMILES string of the molecule is CCCCCCCCCCCCCC(=O)NC1=C[C@](C)(CC)OC1=O. The number of carbonyl (C=O) groups excluding carboxylic acids is 2. The van der Waals surface area contributed by atoms with Crippen molar-refractivity contribution in [3.05, 3.63) is 11.8 Å². The molecule has 0 spiro atoms. The van der Waals surface area contributed by atoms with Crippen molar-refractivity contribution in [1.29, 1.82) is 0 Å². The van der Waals surface area contributed by atoms with Crippen molar-refractivity contribution in [3.8, 4) is 0 Å². The van der Waals surface area contributed by atoms with E-state index in [1.807, 2.05) is 13.8 Å². The largest absolute Gasteiger partial charge is 0.450 e. The molecule has 1 heterocycles. The van der Waals surface area contributed by atoms with Crippen molar-refractivity contribution in [1.82, 2.24) is 5.32 Å². The van der Waals surface area contributed by atoms with Crippen LogP contribution in [0, 0.1) is 0 Å². The molecular weight excluding hydrogens is 314 g/mol. The lowest BCUT2D eigenvalue weighted by Gasteiger charge is -2.17. The first-order chi connectivity index (χ1) is 12.0. The Morgan fingerprint density at radius 1 is 0.960 bits per heavy atom. The third kappa shape index (κ3) is 9.08. The van der Waals surface area contributed by atoms with Gasteiger partial charge in [-0.1, -0.05) is 78.1 Å². The molecule has 0 unspecified atom stereocenters. The zero-order chi connectivity index (χ0) is 18.5. The summed E-state index contributed by atoms with van der Waals surface area (Å²) in [5, 5.41) is 2.70. The number of carbonyl (C=O) groups is 2. The Kier molecular flexibility index (Phi) is 10.5. The molecule has 0 fully saturated rings. The smallest absolute Gasteiger partial charge is 0.355 e. The predicted molar refractivity (Wildman–Crippen MR) is 102 cm³/mol. The molecule has 1 rings (SSSR count). The fourth-order valence-corrected chi connectivity index (χ4v) is 3.08. The van der Waals surface area contributed by atoms with Crippen LogP contribution in [0.15, 0.2) is 11.8 Å². The van der Waals surface area contributed by atoms with E-state index in [2.05, 4.69) is 12.2 Å². The highest BCUT2D eigenvalue weighted by Gasteiger charge is 2.34. The first-order valence-corrected chi connectivity index (χ1v) is 10.3. The number of ether oxygens (including phenoxy) is 1. The molecular formula is C21H37NO3. The molecule has 0 aromatic rings. The highest BCUT2D eigenvalue weighted by molar-refractivity contribution is 5.96. The molecule has 0 saturated carbocycles. The summed E-state index contributed by atoms with van der Waals surface area (Å²) in [5.41, 5.74) is -0.270. The second-order valence-corrected chi connectivity index (χ2v) is 7.45. The lowest BCUT2D eigenvalue weighted by molar-refractivity contribution is -0.146. The predicted octanol–water partition coefficient (Wildman–Crippen LogP) is 5.41. The second kappa shape index (κ2) is 12.1. The normalized spacial score (nSPS) is 19.6. The van der Waals surface area contributed by atoms with Crippen LogP contribution in [0.3, 0.4) is 0 Å². The van der Waals surface area contributed by atoms with Gasteiger partial charge in [-0.25, -0.2) is 4.79 Å². The van der Waals surface area contributed by atoms with Crippen LogP contribution in [0.2, 0.25) is 0 Å². The van der Waals surface area contributed by atoms with E-state index in [4.69, 9.17) is 4.74 Å². The lowest BCUT2D eigenvalue weighted by atomic mass is 10.0. The fraction of sp³-hybridized carbons (Fsp3) is 0.810. The van der Waals surface area contributed by atoms with Crippen molar-refractivity contribution in [2.24, 2.45) is 0 Å². The van der Waals surface area contributed by atoms with Crippen molar-refractivity contribution in [3.63, 3.8) is 0 Å². The molecule has 0 aromatic heterocycles. The van der Waals surface area contributed by atoms with Crippen molar-refractivity contribution in [2.75, 3.05) is 0 Å². The molecule has 0 saturated heterocycles. The summed E-state index contributed by atoms with van der Waals surface area (Å²) >= 11 is 0. The third-order valence-electron chi connectivity index (χ3n) is 4.98. The minimum atomic E-state index is -0.573. The summed E-state index contributed by atoms with van der Waals surface area (Å²) in [6.45, 7) is 6.06. The van der Waals surface area contributed by atoms with Gasteiger partial charge in [-0.3, -0.25) is 4.79 Å². The third-order valence-corrected chi connectivity index (χ3v) is 4.98. The van der Waals surface area contributed by atoms with E-state index < -0.39 is 11.6 Å². The van der Waals surface area contributed by atoms with Crippen LogP contribution < -0.4 is 5.32 Å². The van der Waals surface area contributed by atoms with Gasteiger partial charge in [-0.05, 0) is 25.8 Å². The Morgan fingerprint density at radius 2 is 1.48 bits per heavy atom. The van der Waals surface area contributed by atoms with Crippen molar-refractivity contribution < 1.29 is 14.3 Å². The van der Waals surface area contributed by atoms with Crippen LogP contribution >= 0.6 is 0 Å². The van der Waals surface area contributed by atoms with Gasteiger partial charge in [0.15, 0.2) is 0 Å². The maximum atomic E-state index is 11.9. The maximum Gasteiger partial charge on any atom is 0.355 e. The highest BCUT2D eigenvalue weighted by atomic mass is 16.6. The zero-order valence-electron chi connectivity index (χ0n) is 16.5. The summed E-state index contributed by atoms with van der Waals surface area (Å²) in [7, 11) is 0. The number of cyclic esters (lactones) is 1. The molecule has 4 nitrogen and oxygen atoms in total. The minimum absolute atomic E-state index is 0.0838. The molecule has 0 aliphatic carbocycles. The number of hydrogen-bond acceptors (Lipinski definition) is 3. The average molecular weight is 352 g/mol. The van der Waals surface area contributed by atoms with Crippen LogP contribution in [0.4, 0.5) is 0 Å². The molecule has 1 aliphatic rings. The summed E-state index contributed by atoms with van der Waals surface area (Å²) in [6.07, 6.45) is 16.8. The number of esters is 1. The Hall–Kier alpha value is -1.32. The second-order valence-electron chi connectivity index (χ2n) is 7.45. The first kappa shape index (κ1) is 21.7. The van der Waals surface area contributed by atoms with E-state index in [1.165, 1.54) is 57.8 Å². The van der Waals surface area contributed by atoms with Gasteiger partial charge in [0.25, 0.3) is 0 Å². The topological polar surface area (TPSA) is 55.4 Å². The Morgan fingerprint density at radius 3 is 1.96 bits per heavy atom. The van der Waals surface area contributed by atoms with Gasteiger partial charge in [0.1, 0.15) is 11.3 Å². The number of amides is 1. The Bertz CT molecular complexity index is 444. The standard InChI is InChI=1S/C21H37NO3/c1-4-6-7-8-9-10-11-12-13-14-15-16-19(23)22-18-17-21(3,5-2)25-20(18)24/h17H,4-16H2,1-3H3,(H,22,23)/t21-/m0/s1. The number of hydrogen-bond donors (Lipinski definition) is 1. The lowest BCUT2D eigenvalue weighted by Crippen LogP contribution is -2.26. The van der Waals surface area contributed by atoms with Gasteiger partial charge in [0, 0.05) is 6.42 Å². The van der Waals surface area contributed by atoms with Gasteiger partial charge >= 0.3 is 5.97 Å². The van der Waals surface area contributed by atoms with E-state index in [0.717, 1.165) is 12.8 Å². The van der Waals surface area contributed by atoms with Gasteiger partial charge < -0.3 is 10.1 Å². The molecule has 144 valence electrons. The van der Waals surface area contributed by atoms with E-state index in [1.54, 1.807) is 6.08 Å². The van der Waals surface area contributed by atoms with E-state index in [-0.39, 0.29) is 5.91 Å². The number of unbranched alkanes of at least 4 members (excludes halogenated alkanes) is 10. The molecule has 0 bridgehead atoms. The number of rotatable bonds is 14. The van der Waals surface area contributed by atoms with Crippen molar-refractivity contribution in [2.45, 2.75) is 110 Å². The van der Waals surface area contributed by atoms with E-state index in [9.17, 15) is 9.59 Å². The summed E-state index contributed by atoms with van der Waals surface area (Å²) in [6, 6.07) is 0. The van der Waals surface area contributed by atoms with Gasteiger partial charge in [0.2, 0.25) is 5.91 Å². The van der Waals surface area contributed by atoms with E-state index in [0.29, 0.717) is 18.5 Å². The molecule has 25 heavy (non-hydrogen) atoms. The zero-order valence-corrected chi connectivity index (χ0v) is 16.5. The minimum Gasteiger partial charge on any atom is -0.450 e. The van der Waals surface area contributed by atoms with Gasteiger partial charge in [0.05, 0.1) is 0 Å². The summed E-state index contributed by atoms with van der Waals surface area (Å²) in [5.74, 6) is -0.504. The van der Waals surface area contributed by atoms with Crippen molar-refractivity contribution >= 4 is 11.9 Å². The molecule has 1 N–H and O–H groups in total. The first-order valence-electron chi connectivity index (χ1n) is 10.3. The maximum absolute atomic E-state index is 11.9. The molecule has 1 atom stereocenters. The number of nitrogens with one attached hydrogen (secondary N) is 1. The van der Waals surface area contributed by atoms with Gasteiger partial charge in [-0.2, -0.15) is 0 Å². The van der Waals surface area contributed by atoms with Crippen LogP contribution in [-0.2, 0) is 14.3 Å². The van der Waals surface area contributed by atoms with Crippen LogP contribution in [0.5, 0.6) is 0 Å². The summed E-state index contributed by atoms with van der Waals surface area (Å²) in [4.78, 5) is 23.7. The monoisotopic (exact) mass is 351 g/mol. The molecule has 1 aliphatic heterocycles. The average Bonchev–Trinajstić information content (AvgIpc) is 2.87. The fourth-order valence-electron chi connectivity index (χ4n) is 3.08. The quantitative estimate of drug-likeness (QED) is 0.336. The summed E-state index contributed by atoms with van der Waals surface area (Å²) < 4.78 is 5.28. The highest BCUT2D eigenvalue weighted by Crippen LogP contribution is 2.26.